The summed E-state index contributed by atoms with van der Waals surface area (Å²) in [6, 6.07) is 10.9. The van der Waals surface area contributed by atoms with Gasteiger partial charge in [-0.2, -0.15) is 0 Å². The van der Waals surface area contributed by atoms with Crippen molar-refractivity contribution >= 4 is 34.2 Å². The van der Waals surface area contributed by atoms with Crippen molar-refractivity contribution in [2.75, 3.05) is 7.11 Å². The molecule has 0 saturated heterocycles. The van der Waals surface area contributed by atoms with Gasteiger partial charge in [0.1, 0.15) is 5.75 Å². The topological polar surface area (TPSA) is 78.7 Å². The molecule has 0 saturated carbocycles. The smallest absolute Gasteiger partial charge is 0.337 e. The van der Waals surface area contributed by atoms with Crippen molar-refractivity contribution in [1.29, 1.82) is 0 Å². The van der Waals surface area contributed by atoms with Crippen LogP contribution in [0.2, 0.25) is 0 Å². The molecule has 0 radical (unpaired) electrons. The van der Waals surface area contributed by atoms with Crippen LogP contribution < -0.4 is 4.74 Å². The molecule has 0 N–H and O–H groups in total. The lowest BCUT2D eigenvalue weighted by Gasteiger charge is -2.09. The molecule has 0 heterocycles. The van der Waals surface area contributed by atoms with Crippen molar-refractivity contribution in [3.05, 3.63) is 61.7 Å². The number of halogens is 1. The third-order valence-corrected chi connectivity index (χ3v) is 3.53. The Labute approximate surface area is 134 Å². The number of benzene rings is 2. The maximum absolute atomic E-state index is 11.5. The second-order valence-electron chi connectivity index (χ2n) is 3.96. The molecule has 0 amide bonds. The first-order chi connectivity index (χ1) is 10.0. The Bertz CT molecular complexity index is 702. The summed E-state index contributed by atoms with van der Waals surface area (Å²) in [5.41, 5.74) is -0.0358. The summed E-state index contributed by atoms with van der Waals surface area (Å²) in [4.78, 5) is 22.0. The summed E-state index contributed by atoms with van der Waals surface area (Å²) in [6.07, 6.45) is 0. The van der Waals surface area contributed by atoms with E-state index in [1.807, 2.05) is 12.1 Å². The van der Waals surface area contributed by atoms with Crippen molar-refractivity contribution in [2.24, 2.45) is 0 Å². The van der Waals surface area contributed by atoms with Gasteiger partial charge in [-0.25, -0.2) is 4.79 Å². The Morgan fingerprint density at radius 2 is 1.90 bits per heavy atom. The quantitative estimate of drug-likeness (QED) is 0.339. The predicted molar refractivity (Wildman–Crippen MR) is 83.7 cm³/mol. The normalized spacial score (nSPS) is 10.0. The fourth-order valence-electron chi connectivity index (χ4n) is 1.64. The Morgan fingerprint density at radius 3 is 2.52 bits per heavy atom. The molecule has 0 aliphatic rings. The molecule has 2 rings (SSSR count). The van der Waals surface area contributed by atoms with E-state index in [0.29, 0.717) is 5.75 Å². The first-order valence-electron chi connectivity index (χ1n) is 5.82. The van der Waals surface area contributed by atoms with Crippen molar-refractivity contribution in [3.8, 4) is 11.5 Å². The third-order valence-electron chi connectivity index (χ3n) is 2.63. The van der Waals surface area contributed by atoms with E-state index in [-0.39, 0.29) is 17.0 Å². The number of nitro benzene ring substituents is 1. The lowest BCUT2D eigenvalue weighted by Crippen LogP contribution is -2.03. The Morgan fingerprint density at radius 1 is 1.19 bits per heavy atom. The summed E-state index contributed by atoms with van der Waals surface area (Å²) in [5.74, 6) is -0.118. The van der Waals surface area contributed by atoms with E-state index in [9.17, 15) is 14.9 Å². The van der Waals surface area contributed by atoms with Gasteiger partial charge in [0.25, 0.3) is 0 Å². The number of para-hydroxylation sites is 1. The minimum Gasteiger partial charge on any atom is -0.465 e. The summed E-state index contributed by atoms with van der Waals surface area (Å²) >= 11 is 2.06. The van der Waals surface area contributed by atoms with E-state index in [1.54, 1.807) is 12.1 Å². The van der Waals surface area contributed by atoms with E-state index >= 15 is 0 Å². The molecule has 2 aromatic carbocycles. The Balaban J connectivity index is 2.46. The highest BCUT2D eigenvalue weighted by Gasteiger charge is 2.19. The minimum absolute atomic E-state index is 0.00739. The lowest BCUT2D eigenvalue weighted by atomic mass is 10.2. The zero-order valence-corrected chi connectivity index (χ0v) is 13.1. The number of carbonyl (C=O) groups excluding carboxylic acids is 1. The van der Waals surface area contributed by atoms with Crippen molar-refractivity contribution < 1.29 is 19.2 Å². The second kappa shape index (κ2) is 6.53. The van der Waals surface area contributed by atoms with Gasteiger partial charge in [-0.15, -0.1) is 0 Å². The van der Waals surface area contributed by atoms with E-state index < -0.39 is 10.9 Å². The van der Waals surface area contributed by atoms with Crippen LogP contribution in [0.25, 0.3) is 0 Å². The van der Waals surface area contributed by atoms with Gasteiger partial charge in [0.2, 0.25) is 5.75 Å². The summed E-state index contributed by atoms with van der Waals surface area (Å²) in [5, 5.41) is 11.1. The van der Waals surface area contributed by atoms with E-state index in [0.717, 1.165) is 3.57 Å². The maximum atomic E-state index is 11.5. The molecular weight excluding hydrogens is 389 g/mol. The first-order valence-corrected chi connectivity index (χ1v) is 6.90. The number of ether oxygens (including phenoxy) is 2. The summed E-state index contributed by atoms with van der Waals surface area (Å²) in [6.45, 7) is 0. The molecule has 108 valence electrons. The molecule has 0 bridgehead atoms. The first kappa shape index (κ1) is 15.2. The average molecular weight is 399 g/mol. The highest BCUT2D eigenvalue weighted by atomic mass is 127. The number of methoxy groups -OCH3 is 1. The third kappa shape index (κ3) is 3.48. The van der Waals surface area contributed by atoms with E-state index in [4.69, 9.17) is 4.74 Å². The largest absolute Gasteiger partial charge is 0.465 e. The van der Waals surface area contributed by atoms with Crippen LogP contribution in [0.3, 0.4) is 0 Å². The summed E-state index contributed by atoms with van der Waals surface area (Å²) < 4.78 is 11.0. The number of hydrogen-bond acceptors (Lipinski definition) is 5. The van der Waals surface area contributed by atoms with E-state index in [2.05, 4.69) is 27.3 Å². The lowest BCUT2D eigenvalue weighted by molar-refractivity contribution is -0.385. The van der Waals surface area contributed by atoms with Crippen LogP contribution >= 0.6 is 22.6 Å². The maximum Gasteiger partial charge on any atom is 0.337 e. The molecule has 7 heteroatoms. The van der Waals surface area contributed by atoms with Gasteiger partial charge < -0.3 is 9.47 Å². The Hall–Kier alpha value is -2.16. The summed E-state index contributed by atoms with van der Waals surface area (Å²) in [7, 11) is 1.24. The molecule has 0 aliphatic heterocycles. The van der Waals surface area contributed by atoms with Gasteiger partial charge in [0, 0.05) is 12.1 Å². The SMILES string of the molecule is COC(=O)c1ccc([N+](=O)[O-])c(Oc2ccccc2I)c1. The fraction of sp³-hybridized carbons (Fsp3) is 0.0714. The number of carbonyl (C=O) groups is 1. The fourth-order valence-corrected chi connectivity index (χ4v) is 2.13. The molecule has 21 heavy (non-hydrogen) atoms. The highest BCUT2D eigenvalue weighted by Crippen LogP contribution is 2.34. The van der Waals surface area contributed by atoms with Crippen LogP contribution in [0, 0.1) is 13.7 Å². The molecular formula is C14H10INO5. The second-order valence-corrected chi connectivity index (χ2v) is 5.13. The average Bonchev–Trinajstić information content (AvgIpc) is 2.48. The van der Waals surface area contributed by atoms with Gasteiger partial charge >= 0.3 is 11.7 Å². The molecule has 0 aromatic heterocycles. The van der Waals surface area contributed by atoms with E-state index in [1.165, 1.54) is 25.3 Å². The van der Waals surface area contributed by atoms with Crippen LogP contribution in [-0.2, 0) is 4.74 Å². The van der Waals surface area contributed by atoms with Crippen molar-refractivity contribution in [1.82, 2.24) is 0 Å². The standard InChI is InChI=1S/C14H10INO5/c1-20-14(17)9-6-7-11(16(18)19)13(8-9)21-12-5-3-2-4-10(12)15/h2-8H,1H3. The van der Waals surface area contributed by atoms with Gasteiger partial charge in [-0.3, -0.25) is 10.1 Å². The predicted octanol–water partition coefficient (Wildman–Crippen LogP) is 3.78. The van der Waals surface area contributed by atoms with Crippen molar-refractivity contribution in [2.45, 2.75) is 0 Å². The zero-order valence-electron chi connectivity index (χ0n) is 10.9. The number of nitrogens with zero attached hydrogens (tertiary/aromatic N) is 1. The molecule has 0 atom stereocenters. The van der Waals surface area contributed by atoms with Crippen LogP contribution in [0.1, 0.15) is 10.4 Å². The minimum atomic E-state index is -0.586. The van der Waals surface area contributed by atoms with Gasteiger partial charge in [0.15, 0.2) is 0 Å². The van der Waals surface area contributed by atoms with Gasteiger partial charge in [0.05, 0.1) is 21.2 Å². The molecule has 0 unspecified atom stereocenters. The number of hydrogen-bond donors (Lipinski definition) is 0. The van der Waals surface area contributed by atoms with Crippen molar-refractivity contribution in [3.63, 3.8) is 0 Å². The number of rotatable bonds is 4. The highest BCUT2D eigenvalue weighted by molar-refractivity contribution is 14.1. The monoisotopic (exact) mass is 399 g/mol. The number of esters is 1. The van der Waals surface area contributed by atoms with Gasteiger partial charge in [-0.05, 0) is 40.8 Å². The molecule has 2 aromatic rings. The van der Waals surface area contributed by atoms with Gasteiger partial charge in [-0.1, -0.05) is 12.1 Å². The Kier molecular flexibility index (Phi) is 4.73. The van der Waals surface area contributed by atoms with Crippen LogP contribution in [-0.4, -0.2) is 18.0 Å². The molecule has 6 nitrogen and oxygen atoms in total. The number of nitro groups is 1. The van der Waals surface area contributed by atoms with Crippen LogP contribution in [0.4, 0.5) is 5.69 Å². The zero-order chi connectivity index (χ0) is 15.4. The molecule has 0 spiro atoms. The van der Waals surface area contributed by atoms with Crippen LogP contribution in [0.5, 0.6) is 11.5 Å². The molecule has 0 aliphatic carbocycles. The molecule has 0 fully saturated rings. The van der Waals surface area contributed by atoms with Crippen LogP contribution in [0.15, 0.2) is 42.5 Å².